The molecule has 0 fully saturated rings. The molecule has 0 saturated heterocycles. The van der Waals surface area contributed by atoms with Gasteiger partial charge in [0.15, 0.2) is 0 Å². The van der Waals surface area contributed by atoms with Crippen LogP contribution in [0.2, 0.25) is 0 Å². The second kappa shape index (κ2) is 6.42. The summed E-state index contributed by atoms with van der Waals surface area (Å²) in [5.74, 6) is -0.0268. The third-order valence-electron chi connectivity index (χ3n) is 2.18. The monoisotopic (exact) mass is 298 g/mol. The van der Waals surface area contributed by atoms with E-state index in [0.717, 1.165) is 5.56 Å². The van der Waals surface area contributed by atoms with Crippen LogP contribution in [-0.4, -0.2) is 23.6 Å². The maximum Gasteiger partial charge on any atom is 0.237 e. The summed E-state index contributed by atoms with van der Waals surface area (Å²) in [6.45, 7) is 3.98. The molecule has 0 radical (unpaired) electrons. The minimum absolute atomic E-state index is 0.197. The third-order valence-corrected chi connectivity index (χ3v) is 2.46. The van der Waals surface area contributed by atoms with Crippen LogP contribution in [0.25, 0.3) is 0 Å². The first-order chi connectivity index (χ1) is 7.99. The quantitative estimate of drug-likeness (QED) is 0.767. The van der Waals surface area contributed by atoms with Crippen molar-refractivity contribution in [3.63, 3.8) is 0 Å². The number of benzene rings is 1. The Labute approximate surface area is 109 Å². The molecule has 0 aliphatic rings. The average Bonchev–Trinajstić information content (AvgIpc) is 2.28. The highest BCUT2D eigenvalue weighted by molar-refractivity contribution is 9.11. The van der Waals surface area contributed by atoms with E-state index in [4.69, 9.17) is 10.8 Å². The second-order valence-electron chi connectivity index (χ2n) is 3.71. The lowest BCUT2D eigenvalue weighted by Crippen LogP contribution is -2.42. The zero-order chi connectivity index (χ0) is 12.8. The Bertz CT molecular complexity index is 403. The van der Waals surface area contributed by atoms with E-state index in [1.165, 1.54) is 0 Å². The number of hydrogen-bond donors (Lipinski definition) is 3. The highest BCUT2D eigenvalue weighted by Gasteiger charge is 2.13. The van der Waals surface area contributed by atoms with Gasteiger partial charge in [-0.2, -0.15) is 0 Å². The van der Waals surface area contributed by atoms with E-state index < -0.39 is 6.04 Å². The van der Waals surface area contributed by atoms with E-state index >= 15 is 0 Å². The molecule has 0 aliphatic heterocycles. The largest absolute Gasteiger partial charge is 0.508 e. The molecule has 17 heavy (non-hydrogen) atoms. The van der Waals surface area contributed by atoms with Gasteiger partial charge in [0.2, 0.25) is 5.91 Å². The topological polar surface area (TPSA) is 75.4 Å². The predicted octanol–water partition coefficient (Wildman–Crippen LogP) is 1.29. The number of halogens is 1. The van der Waals surface area contributed by atoms with Crippen LogP contribution >= 0.6 is 15.9 Å². The van der Waals surface area contributed by atoms with Gasteiger partial charge in [-0.05, 0) is 24.1 Å². The number of carbonyl (C=O) groups is 1. The van der Waals surface area contributed by atoms with Gasteiger partial charge in [-0.15, -0.1) is 0 Å². The van der Waals surface area contributed by atoms with Gasteiger partial charge in [0.05, 0.1) is 6.04 Å². The molecule has 0 aliphatic carbocycles. The fourth-order valence-electron chi connectivity index (χ4n) is 1.29. The van der Waals surface area contributed by atoms with E-state index in [-0.39, 0.29) is 11.7 Å². The number of hydrogen-bond acceptors (Lipinski definition) is 3. The molecule has 1 amide bonds. The maximum atomic E-state index is 11.6. The van der Waals surface area contributed by atoms with E-state index in [2.05, 4.69) is 27.8 Å². The number of nitrogens with two attached hydrogens (primary N) is 1. The van der Waals surface area contributed by atoms with Crippen molar-refractivity contribution in [2.24, 2.45) is 5.73 Å². The average molecular weight is 299 g/mol. The number of rotatable bonds is 5. The van der Waals surface area contributed by atoms with Gasteiger partial charge in [-0.25, -0.2) is 0 Å². The van der Waals surface area contributed by atoms with Crippen molar-refractivity contribution in [1.82, 2.24) is 5.32 Å². The van der Waals surface area contributed by atoms with Gasteiger partial charge >= 0.3 is 0 Å². The van der Waals surface area contributed by atoms with Gasteiger partial charge in [-0.1, -0.05) is 34.6 Å². The van der Waals surface area contributed by atoms with Gasteiger partial charge in [0.1, 0.15) is 5.75 Å². The summed E-state index contributed by atoms with van der Waals surface area (Å²) < 4.78 is 0.697. The van der Waals surface area contributed by atoms with Gasteiger partial charge < -0.3 is 16.2 Å². The molecule has 1 unspecified atom stereocenters. The first-order valence-corrected chi connectivity index (χ1v) is 5.93. The molecular weight excluding hydrogens is 284 g/mol. The first-order valence-electron chi connectivity index (χ1n) is 5.13. The smallest absolute Gasteiger partial charge is 0.237 e. The van der Waals surface area contributed by atoms with Crippen molar-refractivity contribution in [1.29, 1.82) is 0 Å². The standard InChI is InChI=1S/C12H15BrN2O2/c1-8(13)7-15-12(17)11(14)6-9-2-4-10(16)5-3-9/h2-5,11,16H,1,6-7,14H2,(H,15,17). The Kier molecular flexibility index (Phi) is 5.18. The van der Waals surface area contributed by atoms with E-state index in [0.29, 0.717) is 17.4 Å². The number of aromatic hydroxyl groups is 1. The van der Waals surface area contributed by atoms with Gasteiger partial charge in [0, 0.05) is 11.0 Å². The molecule has 1 rings (SSSR count). The fraction of sp³-hybridized carbons (Fsp3) is 0.250. The van der Waals surface area contributed by atoms with Gasteiger partial charge in [0.25, 0.3) is 0 Å². The zero-order valence-corrected chi connectivity index (χ0v) is 10.9. The van der Waals surface area contributed by atoms with E-state index in [9.17, 15) is 4.79 Å². The van der Waals surface area contributed by atoms with Crippen LogP contribution in [0.5, 0.6) is 5.75 Å². The number of phenolic OH excluding ortho intramolecular Hbond substituents is 1. The minimum atomic E-state index is -0.605. The van der Waals surface area contributed by atoms with Crippen molar-refractivity contribution in [2.45, 2.75) is 12.5 Å². The Morgan fingerprint density at radius 3 is 2.59 bits per heavy atom. The molecule has 4 N–H and O–H groups in total. The molecule has 0 aromatic heterocycles. The number of carbonyl (C=O) groups excluding carboxylic acids is 1. The Morgan fingerprint density at radius 2 is 2.06 bits per heavy atom. The van der Waals surface area contributed by atoms with Crippen LogP contribution in [-0.2, 0) is 11.2 Å². The van der Waals surface area contributed by atoms with Crippen LogP contribution in [0.15, 0.2) is 35.3 Å². The van der Waals surface area contributed by atoms with Crippen molar-refractivity contribution in [2.75, 3.05) is 6.54 Å². The molecular formula is C12H15BrN2O2. The maximum absolute atomic E-state index is 11.6. The van der Waals surface area contributed by atoms with Gasteiger partial charge in [-0.3, -0.25) is 4.79 Å². The van der Waals surface area contributed by atoms with E-state index in [1.54, 1.807) is 24.3 Å². The summed E-state index contributed by atoms with van der Waals surface area (Å²) in [7, 11) is 0. The summed E-state index contributed by atoms with van der Waals surface area (Å²) in [5.41, 5.74) is 6.66. The van der Waals surface area contributed by atoms with Crippen LogP contribution < -0.4 is 11.1 Å². The Balaban J connectivity index is 2.48. The Morgan fingerprint density at radius 1 is 1.47 bits per heavy atom. The minimum Gasteiger partial charge on any atom is -0.508 e. The SMILES string of the molecule is C=C(Br)CNC(=O)C(N)Cc1ccc(O)cc1. The lowest BCUT2D eigenvalue weighted by Gasteiger charge is -2.12. The van der Waals surface area contributed by atoms with E-state index in [1.807, 2.05) is 0 Å². The van der Waals surface area contributed by atoms with Crippen molar-refractivity contribution < 1.29 is 9.90 Å². The highest BCUT2D eigenvalue weighted by atomic mass is 79.9. The van der Waals surface area contributed by atoms with Crippen LogP contribution in [0, 0.1) is 0 Å². The Hall–Kier alpha value is -1.33. The molecule has 4 nitrogen and oxygen atoms in total. The number of phenols is 1. The second-order valence-corrected chi connectivity index (χ2v) is 4.83. The molecule has 0 spiro atoms. The fourth-order valence-corrected chi connectivity index (χ4v) is 1.43. The molecule has 1 aromatic carbocycles. The summed E-state index contributed by atoms with van der Waals surface area (Å²) in [5, 5.41) is 11.8. The third kappa shape index (κ3) is 5.01. The molecule has 1 atom stereocenters. The highest BCUT2D eigenvalue weighted by Crippen LogP contribution is 2.10. The van der Waals surface area contributed by atoms with Crippen LogP contribution in [0.1, 0.15) is 5.56 Å². The molecule has 92 valence electrons. The molecule has 0 bridgehead atoms. The van der Waals surface area contributed by atoms with Crippen molar-refractivity contribution in [3.8, 4) is 5.75 Å². The zero-order valence-electron chi connectivity index (χ0n) is 9.32. The molecule has 0 saturated carbocycles. The number of amides is 1. The summed E-state index contributed by atoms with van der Waals surface area (Å²) >= 11 is 3.15. The predicted molar refractivity (Wildman–Crippen MR) is 70.9 cm³/mol. The van der Waals surface area contributed by atoms with Crippen LogP contribution in [0.4, 0.5) is 0 Å². The summed E-state index contributed by atoms with van der Waals surface area (Å²) in [6, 6.07) is 6.02. The lowest BCUT2D eigenvalue weighted by molar-refractivity contribution is -0.122. The van der Waals surface area contributed by atoms with Crippen molar-refractivity contribution in [3.05, 3.63) is 40.9 Å². The lowest BCUT2D eigenvalue weighted by atomic mass is 10.1. The number of nitrogens with one attached hydrogen (secondary N) is 1. The molecule has 1 aromatic rings. The summed E-state index contributed by atoms with van der Waals surface area (Å²) in [6.07, 6.45) is 0.431. The first kappa shape index (κ1) is 13.7. The normalized spacial score (nSPS) is 11.9. The molecule has 5 heteroatoms. The molecule has 0 heterocycles. The van der Waals surface area contributed by atoms with Crippen LogP contribution in [0.3, 0.4) is 0 Å². The van der Waals surface area contributed by atoms with Crippen molar-refractivity contribution >= 4 is 21.8 Å². The summed E-state index contributed by atoms with van der Waals surface area (Å²) in [4.78, 5) is 11.6.